The van der Waals surface area contributed by atoms with Crippen molar-refractivity contribution in [3.63, 3.8) is 0 Å². The molecule has 1 heterocycles. The van der Waals surface area contributed by atoms with Gasteiger partial charge in [-0.1, -0.05) is 4.49 Å². The van der Waals surface area contributed by atoms with Crippen molar-refractivity contribution in [1.29, 1.82) is 0 Å². The Hall–Kier alpha value is -2.01. The number of nitrogens with zero attached hydrogens (tertiary/aromatic N) is 2. The first-order chi connectivity index (χ1) is 9.47. The number of benzene rings is 1. The van der Waals surface area contributed by atoms with Crippen LogP contribution in [0.2, 0.25) is 0 Å². The maximum Gasteiger partial charge on any atom is 0.207 e. The summed E-state index contributed by atoms with van der Waals surface area (Å²) in [6.07, 6.45) is 0. The van der Waals surface area contributed by atoms with Crippen LogP contribution in [0.4, 0.5) is 27.0 Å². The molecule has 1 aromatic carbocycles. The first-order valence-electron chi connectivity index (χ1n) is 4.89. The molecule has 0 saturated carbocycles. The van der Waals surface area contributed by atoms with Crippen LogP contribution in [0.3, 0.4) is 0 Å². The van der Waals surface area contributed by atoms with Crippen molar-refractivity contribution >= 4 is 16.5 Å². The highest BCUT2D eigenvalue weighted by Crippen LogP contribution is 2.30. The zero-order chi connectivity index (χ0) is 14.9. The summed E-state index contributed by atoms with van der Waals surface area (Å²) in [5.41, 5.74) is 2.25. The van der Waals surface area contributed by atoms with Crippen LogP contribution < -0.4 is 16.0 Å². The molecule has 2 aromatic rings. The van der Waals surface area contributed by atoms with E-state index in [1.165, 1.54) is 0 Å². The van der Waals surface area contributed by atoms with Crippen molar-refractivity contribution in [2.75, 3.05) is 5.43 Å². The van der Waals surface area contributed by atoms with Gasteiger partial charge < -0.3 is 10.2 Å². The second kappa shape index (κ2) is 5.54. The molecule has 0 aliphatic carbocycles. The van der Waals surface area contributed by atoms with E-state index in [0.717, 1.165) is 11.5 Å². The minimum absolute atomic E-state index is 0.0569. The van der Waals surface area contributed by atoms with Gasteiger partial charge in [0.2, 0.25) is 29.1 Å². The van der Waals surface area contributed by atoms with E-state index < -0.39 is 41.4 Å². The van der Waals surface area contributed by atoms with Crippen LogP contribution >= 0.6 is 11.5 Å². The van der Waals surface area contributed by atoms with Crippen molar-refractivity contribution in [3.8, 4) is 5.75 Å². The monoisotopic (exact) mass is 312 g/mol. The van der Waals surface area contributed by atoms with Gasteiger partial charge in [-0.2, -0.15) is 8.78 Å². The molecule has 0 aliphatic rings. The molecule has 5 nitrogen and oxygen atoms in total. The highest BCUT2D eigenvalue weighted by Gasteiger charge is 2.27. The van der Waals surface area contributed by atoms with Crippen molar-refractivity contribution in [2.45, 2.75) is 6.61 Å². The van der Waals surface area contributed by atoms with E-state index in [1.807, 2.05) is 0 Å². The van der Waals surface area contributed by atoms with E-state index >= 15 is 0 Å². The molecule has 0 spiro atoms. The zero-order valence-electron chi connectivity index (χ0n) is 9.39. The molecular formula is C9H5F5N4OS. The van der Waals surface area contributed by atoms with Crippen molar-refractivity contribution < 1.29 is 26.7 Å². The molecule has 0 saturated heterocycles. The van der Waals surface area contributed by atoms with Crippen LogP contribution in [0, 0.1) is 29.1 Å². The number of ether oxygens (including phenoxy) is 1. The van der Waals surface area contributed by atoms with Gasteiger partial charge in [0, 0.05) is 11.5 Å². The van der Waals surface area contributed by atoms with Crippen LogP contribution in [0.1, 0.15) is 5.69 Å². The minimum Gasteiger partial charge on any atom is -0.481 e. The third-order valence-corrected chi connectivity index (χ3v) is 2.91. The van der Waals surface area contributed by atoms with E-state index in [0.29, 0.717) is 0 Å². The molecule has 0 bridgehead atoms. The number of nitrogens with two attached hydrogens (primary N) is 1. The summed E-state index contributed by atoms with van der Waals surface area (Å²) in [5.74, 6) is -6.86. The Morgan fingerprint density at radius 1 is 1.00 bits per heavy atom. The first kappa shape index (κ1) is 14.4. The Morgan fingerprint density at radius 3 is 2.10 bits per heavy atom. The predicted molar refractivity (Wildman–Crippen MR) is 58.3 cm³/mol. The summed E-state index contributed by atoms with van der Waals surface area (Å²) in [6.45, 7) is -0.575. The number of hydrazine groups is 1. The molecule has 0 atom stereocenters. The summed E-state index contributed by atoms with van der Waals surface area (Å²) in [6, 6.07) is 0. The smallest absolute Gasteiger partial charge is 0.207 e. The Balaban J connectivity index is 2.31. The fraction of sp³-hybridized carbons (Fsp3) is 0.111. The lowest BCUT2D eigenvalue weighted by atomic mass is 10.2. The van der Waals surface area contributed by atoms with Crippen molar-refractivity contribution in [1.82, 2.24) is 9.59 Å². The molecule has 2 rings (SSSR count). The quantitative estimate of drug-likeness (QED) is 0.297. The number of nitrogens with one attached hydrogen (secondary N) is 1. The van der Waals surface area contributed by atoms with E-state index in [4.69, 9.17) is 5.84 Å². The van der Waals surface area contributed by atoms with Gasteiger partial charge in [0.15, 0.2) is 10.8 Å². The summed E-state index contributed by atoms with van der Waals surface area (Å²) in [4.78, 5) is 0. The average molecular weight is 312 g/mol. The molecule has 11 heteroatoms. The Labute approximate surface area is 112 Å². The fourth-order valence-electron chi connectivity index (χ4n) is 1.26. The van der Waals surface area contributed by atoms with E-state index in [2.05, 4.69) is 19.7 Å². The van der Waals surface area contributed by atoms with Gasteiger partial charge in [0.1, 0.15) is 12.3 Å². The fourth-order valence-corrected chi connectivity index (χ4v) is 1.74. The van der Waals surface area contributed by atoms with Gasteiger partial charge in [-0.25, -0.2) is 19.0 Å². The van der Waals surface area contributed by atoms with Gasteiger partial charge in [-0.05, 0) is 0 Å². The van der Waals surface area contributed by atoms with Gasteiger partial charge in [-0.15, -0.1) is 5.10 Å². The normalized spacial score (nSPS) is 10.7. The Morgan fingerprint density at radius 2 is 1.55 bits per heavy atom. The second-order valence-corrected chi connectivity index (χ2v) is 4.13. The molecule has 0 amide bonds. The van der Waals surface area contributed by atoms with Crippen molar-refractivity contribution in [3.05, 3.63) is 34.8 Å². The average Bonchev–Trinajstić information content (AvgIpc) is 2.90. The molecule has 3 N–H and O–H groups in total. The third kappa shape index (κ3) is 2.36. The Kier molecular flexibility index (Phi) is 3.99. The number of rotatable bonds is 4. The van der Waals surface area contributed by atoms with Gasteiger partial charge in [0.25, 0.3) is 0 Å². The van der Waals surface area contributed by atoms with Crippen LogP contribution in [0.25, 0.3) is 0 Å². The second-order valence-electron chi connectivity index (χ2n) is 3.38. The van der Waals surface area contributed by atoms with Crippen molar-refractivity contribution in [2.24, 2.45) is 5.84 Å². The lowest BCUT2D eigenvalue weighted by Crippen LogP contribution is -2.10. The van der Waals surface area contributed by atoms with Gasteiger partial charge in [0.05, 0.1) is 0 Å². The summed E-state index contributed by atoms with van der Waals surface area (Å²) >= 11 is 0.829. The van der Waals surface area contributed by atoms with Gasteiger partial charge in [-0.3, -0.25) is 0 Å². The molecule has 0 unspecified atom stereocenters. The standard InChI is InChI=1S/C9H5F5N4OS/c10-3-4(11)6(13)8(7(14)5(3)12)19-1-2-9(16-15)20-18-17-2/h16H,1,15H2. The Bertz CT molecular complexity index is 621. The molecular weight excluding hydrogens is 307 g/mol. The lowest BCUT2D eigenvalue weighted by molar-refractivity contribution is 0.250. The third-order valence-electron chi connectivity index (χ3n) is 2.21. The SMILES string of the molecule is NNc1snnc1COc1c(F)c(F)c(F)c(F)c1F. The molecule has 108 valence electrons. The summed E-state index contributed by atoms with van der Waals surface area (Å²) in [7, 11) is 0. The molecule has 1 aromatic heterocycles. The highest BCUT2D eigenvalue weighted by molar-refractivity contribution is 7.10. The highest BCUT2D eigenvalue weighted by atomic mass is 32.1. The van der Waals surface area contributed by atoms with E-state index in [1.54, 1.807) is 0 Å². The number of anilines is 1. The number of hydrogen-bond donors (Lipinski definition) is 2. The van der Waals surface area contributed by atoms with Crippen LogP contribution in [-0.2, 0) is 6.61 Å². The van der Waals surface area contributed by atoms with Crippen LogP contribution in [-0.4, -0.2) is 9.59 Å². The lowest BCUT2D eigenvalue weighted by Gasteiger charge is -2.09. The number of nitrogen functional groups attached to an aromatic ring is 1. The van der Waals surface area contributed by atoms with E-state index in [9.17, 15) is 22.0 Å². The molecule has 0 radical (unpaired) electrons. The minimum atomic E-state index is -2.26. The number of aromatic nitrogens is 2. The maximum absolute atomic E-state index is 13.3. The molecule has 0 aliphatic heterocycles. The topological polar surface area (TPSA) is 73.1 Å². The summed E-state index contributed by atoms with van der Waals surface area (Å²) in [5, 5.41) is 3.75. The van der Waals surface area contributed by atoms with E-state index in [-0.39, 0.29) is 10.7 Å². The largest absolute Gasteiger partial charge is 0.481 e. The molecule has 0 fully saturated rings. The van der Waals surface area contributed by atoms with Gasteiger partial charge >= 0.3 is 0 Å². The van der Waals surface area contributed by atoms with Crippen LogP contribution in [0.5, 0.6) is 5.75 Å². The summed E-state index contributed by atoms with van der Waals surface area (Å²) < 4.78 is 73.3. The maximum atomic E-state index is 13.3. The van der Waals surface area contributed by atoms with Crippen LogP contribution in [0.15, 0.2) is 0 Å². The predicted octanol–water partition coefficient (Wildman–Crippen LogP) is 2.10. The number of halogens is 5. The zero-order valence-corrected chi connectivity index (χ0v) is 10.2. The first-order valence-corrected chi connectivity index (χ1v) is 5.66. The molecule has 20 heavy (non-hydrogen) atoms. The number of hydrogen-bond acceptors (Lipinski definition) is 6.